The molecule has 0 aliphatic carbocycles. The van der Waals surface area contributed by atoms with Crippen LogP contribution in [0.15, 0.2) is 36.4 Å². The zero-order chi connectivity index (χ0) is 13.1. The van der Waals surface area contributed by atoms with E-state index in [0.29, 0.717) is 11.9 Å². The first-order chi connectivity index (χ1) is 8.63. The second-order valence-electron chi connectivity index (χ2n) is 4.29. The van der Waals surface area contributed by atoms with Crippen LogP contribution >= 0.6 is 0 Å². The summed E-state index contributed by atoms with van der Waals surface area (Å²) in [6.07, 6.45) is 0. The number of phenolic OH excluding ortho intramolecular Hbond substituents is 1. The molecule has 0 spiro atoms. The highest BCUT2D eigenvalue weighted by Crippen LogP contribution is 2.28. The van der Waals surface area contributed by atoms with Crippen molar-refractivity contribution in [2.75, 3.05) is 6.54 Å². The van der Waals surface area contributed by atoms with Crippen molar-refractivity contribution in [3.63, 3.8) is 0 Å². The van der Waals surface area contributed by atoms with Crippen LogP contribution in [-0.4, -0.2) is 23.6 Å². The molecule has 4 N–H and O–H groups in total. The number of phenols is 1. The third-order valence-corrected chi connectivity index (χ3v) is 2.88. The van der Waals surface area contributed by atoms with E-state index in [0.717, 1.165) is 5.39 Å². The van der Waals surface area contributed by atoms with Crippen LogP contribution in [-0.2, 0) is 0 Å². The first-order valence-electron chi connectivity index (χ1n) is 5.85. The minimum absolute atomic E-state index is 0.00909. The van der Waals surface area contributed by atoms with Crippen molar-refractivity contribution in [1.82, 2.24) is 5.32 Å². The van der Waals surface area contributed by atoms with Gasteiger partial charge in [-0.1, -0.05) is 30.3 Å². The number of carbonyl (C=O) groups excluding carboxylic acids is 1. The molecule has 2 rings (SSSR count). The van der Waals surface area contributed by atoms with Crippen LogP contribution in [0.3, 0.4) is 0 Å². The summed E-state index contributed by atoms with van der Waals surface area (Å²) in [5.41, 5.74) is 5.72. The monoisotopic (exact) mass is 244 g/mol. The minimum Gasteiger partial charge on any atom is -0.506 e. The third kappa shape index (κ3) is 2.28. The van der Waals surface area contributed by atoms with Crippen LogP contribution in [0.5, 0.6) is 5.75 Å². The Labute approximate surface area is 105 Å². The first-order valence-corrected chi connectivity index (χ1v) is 5.85. The number of fused-ring (bicyclic) bond motifs is 1. The van der Waals surface area contributed by atoms with E-state index in [4.69, 9.17) is 5.73 Å². The second-order valence-corrected chi connectivity index (χ2v) is 4.29. The molecule has 2 aromatic rings. The Hall–Kier alpha value is -2.07. The average molecular weight is 244 g/mol. The number of nitrogens with two attached hydrogens (primary N) is 1. The van der Waals surface area contributed by atoms with E-state index in [1.807, 2.05) is 31.2 Å². The van der Waals surface area contributed by atoms with Gasteiger partial charge >= 0.3 is 0 Å². The van der Waals surface area contributed by atoms with Crippen molar-refractivity contribution < 1.29 is 9.90 Å². The SMILES string of the molecule is C[C@H](CN)NC(=O)c1ccc2ccccc2c1O. The first kappa shape index (κ1) is 12.4. The molecule has 0 radical (unpaired) electrons. The molecule has 1 amide bonds. The lowest BCUT2D eigenvalue weighted by molar-refractivity contribution is 0.0939. The molecule has 0 aliphatic heterocycles. The fraction of sp³-hybridized carbons (Fsp3) is 0.214. The van der Waals surface area contributed by atoms with Gasteiger partial charge in [-0.25, -0.2) is 0 Å². The smallest absolute Gasteiger partial charge is 0.255 e. The number of hydrogen-bond acceptors (Lipinski definition) is 3. The standard InChI is InChI=1S/C14H16N2O2/c1-9(8-15)16-14(18)12-7-6-10-4-2-3-5-11(10)13(12)17/h2-7,9,17H,8,15H2,1H3,(H,16,18)/t9-/m1/s1. The summed E-state index contributed by atoms with van der Waals surface area (Å²) in [5, 5.41) is 14.4. The van der Waals surface area contributed by atoms with Crippen molar-refractivity contribution >= 4 is 16.7 Å². The van der Waals surface area contributed by atoms with Crippen molar-refractivity contribution in [3.8, 4) is 5.75 Å². The zero-order valence-electron chi connectivity index (χ0n) is 10.2. The van der Waals surface area contributed by atoms with Crippen molar-refractivity contribution in [3.05, 3.63) is 42.0 Å². The van der Waals surface area contributed by atoms with E-state index < -0.39 is 0 Å². The molecule has 18 heavy (non-hydrogen) atoms. The van der Waals surface area contributed by atoms with Crippen molar-refractivity contribution in [1.29, 1.82) is 0 Å². The summed E-state index contributed by atoms with van der Waals surface area (Å²) in [7, 11) is 0. The molecule has 0 fully saturated rings. The molecule has 2 aromatic carbocycles. The molecular weight excluding hydrogens is 228 g/mol. The van der Waals surface area contributed by atoms with Crippen LogP contribution in [0.2, 0.25) is 0 Å². The lowest BCUT2D eigenvalue weighted by Gasteiger charge is -2.13. The predicted octanol–water partition coefficient (Wildman–Crippen LogP) is 1.62. The normalized spacial score (nSPS) is 12.3. The van der Waals surface area contributed by atoms with Crippen molar-refractivity contribution in [2.24, 2.45) is 5.73 Å². The van der Waals surface area contributed by atoms with Gasteiger partial charge in [0.1, 0.15) is 5.75 Å². The second kappa shape index (κ2) is 5.06. The lowest BCUT2D eigenvalue weighted by atomic mass is 10.0. The largest absolute Gasteiger partial charge is 0.506 e. The van der Waals surface area contributed by atoms with Gasteiger partial charge in [-0.05, 0) is 18.4 Å². The summed E-state index contributed by atoms with van der Waals surface area (Å²) in [4.78, 5) is 12.0. The maximum Gasteiger partial charge on any atom is 0.255 e. The van der Waals surface area contributed by atoms with Gasteiger partial charge in [0.2, 0.25) is 0 Å². The third-order valence-electron chi connectivity index (χ3n) is 2.88. The number of hydrogen-bond donors (Lipinski definition) is 3. The number of nitrogens with one attached hydrogen (secondary N) is 1. The summed E-state index contributed by atoms with van der Waals surface area (Å²) in [6.45, 7) is 2.18. The zero-order valence-corrected chi connectivity index (χ0v) is 10.2. The molecular formula is C14H16N2O2. The van der Waals surface area contributed by atoms with Gasteiger partial charge in [0.05, 0.1) is 5.56 Å². The highest BCUT2D eigenvalue weighted by Gasteiger charge is 2.14. The molecule has 1 atom stereocenters. The summed E-state index contributed by atoms with van der Waals surface area (Å²) in [5.74, 6) is -0.300. The van der Waals surface area contributed by atoms with Crippen LogP contribution in [0.1, 0.15) is 17.3 Å². The summed E-state index contributed by atoms with van der Waals surface area (Å²) >= 11 is 0. The van der Waals surface area contributed by atoms with Crippen LogP contribution in [0.4, 0.5) is 0 Å². The van der Waals surface area contributed by atoms with Gasteiger partial charge in [-0.3, -0.25) is 4.79 Å². The van der Waals surface area contributed by atoms with Gasteiger partial charge in [0, 0.05) is 18.0 Å². The summed E-state index contributed by atoms with van der Waals surface area (Å²) in [6, 6.07) is 10.7. The number of amides is 1. The maximum atomic E-state index is 12.0. The fourth-order valence-corrected chi connectivity index (χ4v) is 1.80. The molecule has 0 saturated heterocycles. The van der Waals surface area contributed by atoms with E-state index in [1.165, 1.54) is 0 Å². The minimum atomic E-state index is -0.309. The van der Waals surface area contributed by atoms with Gasteiger partial charge in [0.25, 0.3) is 5.91 Å². The van der Waals surface area contributed by atoms with Crippen molar-refractivity contribution in [2.45, 2.75) is 13.0 Å². The van der Waals surface area contributed by atoms with Crippen LogP contribution in [0.25, 0.3) is 10.8 Å². The Bertz CT molecular complexity index is 581. The Morgan fingerprint density at radius 2 is 2.06 bits per heavy atom. The number of carbonyl (C=O) groups is 1. The van der Waals surface area contributed by atoms with Gasteiger partial charge < -0.3 is 16.2 Å². The fourth-order valence-electron chi connectivity index (χ4n) is 1.80. The summed E-state index contributed by atoms with van der Waals surface area (Å²) < 4.78 is 0. The average Bonchev–Trinajstić information content (AvgIpc) is 2.39. The van der Waals surface area contributed by atoms with E-state index in [1.54, 1.807) is 12.1 Å². The maximum absolute atomic E-state index is 12.0. The van der Waals surface area contributed by atoms with Gasteiger partial charge in [0.15, 0.2) is 0 Å². The number of rotatable bonds is 3. The Kier molecular flexibility index (Phi) is 3.48. The van der Waals surface area contributed by atoms with E-state index in [9.17, 15) is 9.90 Å². The van der Waals surface area contributed by atoms with E-state index in [2.05, 4.69) is 5.32 Å². The van der Waals surface area contributed by atoms with Gasteiger partial charge in [-0.2, -0.15) is 0 Å². The Balaban J connectivity index is 2.40. The molecule has 0 aliphatic rings. The molecule has 0 heterocycles. The quantitative estimate of drug-likeness (QED) is 0.768. The molecule has 0 bridgehead atoms. The lowest BCUT2D eigenvalue weighted by Crippen LogP contribution is -2.37. The molecule has 0 unspecified atom stereocenters. The molecule has 94 valence electrons. The number of aromatic hydroxyl groups is 1. The highest BCUT2D eigenvalue weighted by molar-refractivity contribution is 6.03. The van der Waals surface area contributed by atoms with Crippen LogP contribution in [0, 0.1) is 0 Å². The Morgan fingerprint density at radius 1 is 1.33 bits per heavy atom. The molecule has 4 nitrogen and oxygen atoms in total. The predicted molar refractivity (Wildman–Crippen MR) is 71.6 cm³/mol. The topological polar surface area (TPSA) is 75.3 Å². The highest BCUT2D eigenvalue weighted by atomic mass is 16.3. The van der Waals surface area contributed by atoms with Crippen LogP contribution < -0.4 is 11.1 Å². The molecule has 0 saturated carbocycles. The Morgan fingerprint density at radius 3 is 2.78 bits per heavy atom. The van der Waals surface area contributed by atoms with Gasteiger partial charge in [-0.15, -0.1) is 0 Å². The molecule has 4 heteroatoms. The van der Waals surface area contributed by atoms with E-state index in [-0.39, 0.29) is 23.3 Å². The molecule has 0 aromatic heterocycles. The number of benzene rings is 2. The van der Waals surface area contributed by atoms with E-state index >= 15 is 0 Å².